The number of nitrogens with zero attached hydrogens (tertiary/aromatic N) is 4. The van der Waals surface area contributed by atoms with Crippen LogP contribution in [0, 0.1) is 17.1 Å². The average molecular weight is 552 g/mol. The van der Waals surface area contributed by atoms with Crippen LogP contribution >= 0.6 is 0 Å². The number of nitrogens with one attached hydrogen (secondary N) is 3. The lowest BCUT2D eigenvalue weighted by Gasteiger charge is -2.30. The number of aryl methyl sites for hydroxylation is 1. The number of hydrogen-bond acceptors (Lipinski definition) is 7. The fraction of sp³-hybridized carbons (Fsp3) is 0.414. The first-order chi connectivity index (χ1) is 19.1. The molecular formula is C29H38FN7O3. The highest BCUT2D eigenvalue weighted by atomic mass is 19.1. The van der Waals surface area contributed by atoms with Crippen LogP contribution in [-0.2, 0) is 21.4 Å². The summed E-state index contributed by atoms with van der Waals surface area (Å²) in [5.74, 6) is -1.31. The smallest absolute Gasteiger partial charge is 0.257 e. The van der Waals surface area contributed by atoms with Gasteiger partial charge in [-0.1, -0.05) is 26.3 Å². The van der Waals surface area contributed by atoms with E-state index in [0.29, 0.717) is 36.7 Å². The molecule has 214 valence electrons. The lowest BCUT2D eigenvalue weighted by Crippen LogP contribution is -2.44. The summed E-state index contributed by atoms with van der Waals surface area (Å²) in [6, 6.07) is 3.96. The maximum Gasteiger partial charge on any atom is 0.257 e. The van der Waals surface area contributed by atoms with Gasteiger partial charge in [-0.05, 0) is 43.5 Å². The Kier molecular flexibility index (Phi) is 11.0. The third-order valence-electron chi connectivity index (χ3n) is 6.49. The van der Waals surface area contributed by atoms with Crippen molar-refractivity contribution in [2.75, 3.05) is 36.9 Å². The van der Waals surface area contributed by atoms with Gasteiger partial charge in [-0.25, -0.2) is 4.39 Å². The highest BCUT2D eigenvalue weighted by Gasteiger charge is 2.19. The molecule has 0 radical (unpaired) electrons. The fourth-order valence-electron chi connectivity index (χ4n) is 4.08. The molecule has 2 aromatic rings. The van der Waals surface area contributed by atoms with Crippen molar-refractivity contribution < 1.29 is 18.7 Å². The van der Waals surface area contributed by atoms with Gasteiger partial charge < -0.3 is 20.8 Å². The standard InChI is InChI=1S/C29H38FN7O3/c1-6-19(2)11-26(22-15-33-36(5)17-22)32-14-20(3)24(13-31)29(39)35-27-12-23(7-8-25(27)30)34-28(38)18-37-9-10-40-21(4)16-37/h7-8,11-15,17,19,21,31H,6,9-10,16,18H2,1-5H3,(H,34,38)(H,35,39)/b24-20-,26-11-,31-13?,32-14-. The maximum absolute atomic E-state index is 14.6. The van der Waals surface area contributed by atoms with Crippen LogP contribution in [0.15, 0.2) is 52.8 Å². The second kappa shape index (κ2) is 14.4. The van der Waals surface area contributed by atoms with Gasteiger partial charge in [-0.15, -0.1) is 0 Å². The van der Waals surface area contributed by atoms with E-state index in [2.05, 4.69) is 34.6 Å². The lowest BCUT2D eigenvalue weighted by molar-refractivity contribution is -0.119. The predicted molar refractivity (Wildman–Crippen MR) is 156 cm³/mol. The molecule has 2 unspecified atom stereocenters. The molecule has 0 spiro atoms. The molecule has 0 bridgehead atoms. The van der Waals surface area contributed by atoms with E-state index < -0.39 is 11.7 Å². The average Bonchev–Trinajstić information content (AvgIpc) is 3.34. The molecule has 2 atom stereocenters. The van der Waals surface area contributed by atoms with Crippen LogP contribution in [-0.4, -0.2) is 71.3 Å². The minimum absolute atomic E-state index is 0.0214. The number of aromatic nitrogens is 2. The summed E-state index contributed by atoms with van der Waals surface area (Å²) in [7, 11) is 1.82. The van der Waals surface area contributed by atoms with Gasteiger partial charge in [-0.2, -0.15) is 5.10 Å². The van der Waals surface area contributed by atoms with Crippen LogP contribution < -0.4 is 10.6 Å². The summed E-state index contributed by atoms with van der Waals surface area (Å²) >= 11 is 0. The summed E-state index contributed by atoms with van der Waals surface area (Å²) < 4.78 is 21.8. The number of halogens is 1. The van der Waals surface area contributed by atoms with Gasteiger partial charge in [0.2, 0.25) is 5.91 Å². The molecule has 3 N–H and O–H groups in total. The molecule has 2 heterocycles. The third kappa shape index (κ3) is 8.78. The Hall–Kier alpha value is -3.96. The summed E-state index contributed by atoms with van der Waals surface area (Å²) in [5, 5.41) is 17.3. The topological polar surface area (TPSA) is 125 Å². The zero-order valence-electron chi connectivity index (χ0n) is 23.7. The van der Waals surface area contributed by atoms with E-state index in [9.17, 15) is 14.0 Å². The van der Waals surface area contributed by atoms with E-state index >= 15 is 0 Å². The largest absolute Gasteiger partial charge is 0.376 e. The number of aliphatic imine (C=N–C) groups is 1. The normalized spacial score (nSPS) is 17.9. The van der Waals surface area contributed by atoms with Crippen molar-refractivity contribution >= 4 is 41.3 Å². The molecule has 1 aliphatic rings. The van der Waals surface area contributed by atoms with Crippen molar-refractivity contribution in [3.63, 3.8) is 0 Å². The van der Waals surface area contributed by atoms with Crippen LogP contribution in [0.4, 0.5) is 15.8 Å². The molecular weight excluding hydrogens is 513 g/mol. The van der Waals surface area contributed by atoms with Crippen molar-refractivity contribution in [2.24, 2.45) is 18.0 Å². The first kappa shape index (κ1) is 30.6. The number of carbonyl (C=O) groups excluding carboxylic acids is 2. The molecule has 0 saturated carbocycles. The number of benzene rings is 1. The van der Waals surface area contributed by atoms with Crippen LogP contribution in [0.3, 0.4) is 0 Å². The molecule has 0 aliphatic carbocycles. The zero-order valence-corrected chi connectivity index (χ0v) is 23.7. The number of morpholine rings is 1. The van der Waals surface area contributed by atoms with Crippen molar-refractivity contribution in [3.8, 4) is 0 Å². The highest BCUT2D eigenvalue weighted by Crippen LogP contribution is 2.22. The van der Waals surface area contributed by atoms with Gasteiger partial charge in [0, 0.05) is 50.0 Å². The molecule has 10 nitrogen and oxygen atoms in total. The number of rotatable bonds is 11. The van der Waals surface area contributed by atoms with Gasteiger partial charge in [-0.3, -0.25) is 24.2 Å². The van der Waals surface area contributed by atoms with Gasteiger partial charge in [0.1, 0.15) is 5.82 Å². The monoisotopic (exact) mass is 551 g/mol. The van der Waals surface area contributed by atoms with Crippen LogP contribution in [0.1, 0.15) is 39.7 Å². The minimum atomic E-state index is -0.669. The SMILES string of the molecule is CCC(C)\C=C(/N=C\C(C)=C(\C=N)C(=O)Nc1cc(NC(=O)CN2CCOC(C)C2)ccc1F)c1cnn(C)c1. The number of ether oxygens (including phenoxy) is 1. The first-order valence-corrected chi connectivity index (χ1v) is 13.3. The van der Waals surface area contributed by atoms with Gasteiger partial charge in [0.15, 0.2) is 0 Å². The van der Waals surface area contributed by atoms with E-state index in [1.54, 1.807) is 17.8 Å². The third-order valence-corrected chi connectivity index (χ3v) is 6.49. The molecule has 1 aromatic carbocycles. The number of hydrogen-bond donors (Lipinski definition) is 3. The molecule has 2 amide bonds. The molecule has 1 aliphatic heterocycles. The second-order valence-electron chi connectivity index (χ2n) is 9.95. The Balaban J connectivity index is 1.74. The number of amides is 2. The molecule has 40 heavy (non-hydrogen) atoms. The van der Waals surface area contributed by atoms with Crippen LogP contribution in [0.25, 0.3) is 5.70 Å². The molecule has 3 rings (SSSR count). The second-order valence-corrected chi connectivity index (χ2v) is 9.95. The minimum Gasteiger partial charge on any atom is -0.376 e. The summed E-state index contributed by atoms with van der Waals surface area (Å²) in [6.07, 6.45) is 9.00. The Morgan fingerprint density at radius 3 is 2.77 bits per heavy atom. The van der Waals surface area contributed by atoms with E-state index in [1.807, 2.05) is 31.1 Å². The van der Waals surface area contributed by atoms with Crippen LogP contribution in [0.5, 0.6) is 0 Å². The fourth-order valence-corrected chi connectivity index (χ4v) is 4.08. The predicted octanol–water partition coefficient (Wildman–Crippen LogP) is 4.28. The summed E-state index contributed by atoms with van der Waals surface area (Å²) in [4.78, 5) is 32.1. The van der Waals surface area contributed by atoms with Crippen molar-refractivity contribution in [1.82, 2.24) is 14.7 Å². The van der Waals surface area contributed by atoms with Crippen molar-refractivity contribution in [3.05, 3.63) is 59.2 Å². The van der Waals surface area contributed by atoms with Crippen molar-refractivity contribution in [1.29, 1.82) is 5.41 Å². The van der Waals surface area contributed by atoms with Crippen LogP contribution in [0.2, 0.25) is 0 Å². The van der Waals surface area contributed by atoms with Gasteiger partial charge >= 0.3 is 0 Å². The van der Waals surface area contributed by atoms with E-state index in [4.69, 9.17) is 10.1 Å². The van der Waals surface area contributed by atoms with Gasteiger partial charge in [0.05, 0.1) is 42.4 Å². The van der Waals surface area contributed by atoms with E-state index in [-0.39, 0.29) is 35.7 Å². The quantitative estimate of drug-likeness (QED) is 0.284. The molecule has 1 fully saturated rings. The maximum atomic E-state index is 14.6. The molecule has 1 aromatic heterocycles. The van der Waals surface area contributed by atoms with E-state index in [1.165, 1.54) is 24.4 Å². The van der Waals surface area contributed by atoms with Crippen molar-refractivity contribution in [2.45, 2.75) is 40.2 Å². The Bertz CT molecular complexity index is 1310. The first-order valence-electron chi connectivity index (χ1n) is 13.3. The lowest BCUT2D eigenvalue weighted by atomic mass is 10.1. The molecule has 11 heteroatoms. The van der Waals surface area contributed by atoms with E-state index in [0.717, 1.165) is 18.2 Å². The number of allylic oxidation sites excluding steroid dienone is 2. The van der Waals surface area contributed by atoms with Gasteiger partial charge in [0.25, 0.3) is 5.91 Å². The summed E-state index contributed by atoms with van der Waals surface area (Å²) in [6.45, 7) is 9.82. The zero-order chi connectivity index (χ0) is 29.2. The highest BCUT2D eigenvalue weighted by molar-refractivity contribution is 6.20. The Labute approximate surface area is 234 Å². The number of anilines is 2. The molecule has 1 saturated heterocycles. The summed E-state index contributed by atoms with van der Waals surface area (Å²) in [5.41, 5.74) is 2.21. The Morgan fingerprint density at radius 1 is 1.35 bits per heavy atom. The Morgan fingerprint density at radius 2 is 2.12 bits per heavy atom. The number of carbonyl (C=O) groups is 2.